The number of ether oxygens (including phenoxy) is 2. The molecule has 0 bridgehead atoms. The molecule has 0 aliphatic carbocycles. The van der Waals surface area contributed by atoms with Gasteiger partial charge in [-0.1, -0.05) is 0 Å². The Morgan fingerprint density at radius 1 is 1.44 bits per heavy atom. The SMILES string of the molecule is O=C(COCC1CCCO1)c1cc(F)ccc1F. The van der Waals surface area contributed by atoms with Crippen LogP contribution in [0, 0.1) is 11.6 Å². The van der Waals surface area contributed by atoms with Crippen molar-refractivity contribution in [3.05, 3.63) is 35.4 Å². The van der Waals surface area contributed by atoms with E-state index in [9.17, 15) is 13.6 Å². The Labute approximate surface area is 104 Å². The Hall–Kier alpha value is -1.33. The fraction of sp³-hybridized carbons (Fsp3) is 0.462. The van der Waals surface area contributed by atoms with Crippen LogP contribution in [-0.4, -0.2) is 31.7 Å². The second-order valence-electron chi connectivity index (χ2n) is 4.20. The molecule has 0 amide bonds. The minimum absolute atomic E-state index is 0.00940. The summed E-state index contributed by atoms with van der Waals surface area (Å²) in [6.45, 7) is 0.753. The first kappa shape index (κ1) is 13.1. The molecule has 1 fully saturated rings. The second-order valence-corrected chi connectivity index (χ2v) is 4.20. The highest BCUT2D eigenvalue weighted by molar-refractivity contribution is 5.97. The second kappa shape index (κ2) is 6.02. The summed E-state index contributed by atoms with van der Waals surface area (Å²) in [6, 6.07) is 2.79. The van der Waals surface area contributed by atoms with Crippen LogP contribution in [0.25, 0.3) is 0 Å². The quantitative estimate of drug-likeness (QED) is 0.758. The highest BCUT2D eigenvalue weighted by Crippen LogP contribution is 2.13. The Bertz CT molecular complexity index is 428. The predicted molar refractivity (Wildman–Crippen MR) is 60.5 cm³/mol. The number of carbonyl (C=O) groups excluding carboxylic acids is 1. The molecule has 3 nitrogen and oxygen atoms in total. The van der Waals surface area contributed by atoms with Gasteiger partial charge in [0.15, 0.2) is 5.78 Å². The van der Waals surface area contributed by atoms with Crippen molar-refractivity contribution in [2.45, 2.75) is 18.9 Å². The molecule has 2 rings (SSSR count). The molecule has 1 aromatic carbocycles. The monoisotopic (exact) mass is 256 g/mol. The molecule has 0 saturated carbocycles. The van der Waals surface area contributed by atoms with Crippen molar-refractivity contribution in [3.63, 3.8) is 0 Å². The minimum Gasteiger partial charge on any atom is -0.376 e. The van der Waals surface area contributed by atoms with Gasteiger partial charge in [-0.3, -0.25) is 4.79 Å². The summed E-state index contributed by atoms with van der Waals surface area (Å²) in [6.07, 6.45) is 1.90. The highest BCUT2D eigenvalue weighted by Gasteiger charge is 2.17. The van der Waals surface area contributed by atoms with Gasteiger partial charge in [-0.15, -0.1) is 0 Å². The summed E-state index contributed by atoms with van der Waals surface area (Å²) < 4.78 is 36.7. The molecule has 1 aliphatic rings. The number of hydrogen-bond donors (Lipinski definition) is 0. The zero-order chi connectivity index (χ0) is 13.0. The fourth-order valence-corrected chi connectivity index (χ4v) is 1.85. The van der Waals surface area contributed by atoms with Gasteiger partial charge in [0, 0.05) is 6.61 Å². The lowest BCUT2D eigenvalue weighted by Gasteiger charge is -2.09. The summed E-state index contributed by atoms with van der Waals surface area (Å²) in [5.41, 5.74) is -0.276. The predicted octanol–water partition coefficient (Wildman–Crippen LogP) is 2.34. The van der Waals surface area contributed by atoms with E-state index in [1.807, 2.05) is 0 Å². The van der Waals surface area contributed by atoms with Crippen molar-refractivity contribution in [3.8, 4) is 0 Å². The molecular formula is C13H14F2O3. The Kier molecular flexibility index (Phi) is 4.38. The van der Waals surface area contributed by atoms with E-state index in [1.54, 1.807) is 0 Å². The van der Waals surface area contributed by atoms with Crippen LogP contribution < -0.4 is 0 Å². The number of Topliss-reactive ketones (excluding diaryl/α,β-unsaturated/α-hetero) is 1. The Balaban J connectivity index is 1.85. The molecule has 1 aliphatic heterocycles. The lowest BCUT2D eigenvalue weighted by atomic mass is 10.1. The van der Waals surface area contributed by atoms with Crippen molar-refractivity contribution in [1.82, 2.24) is 0 Å². The lowest BCUT2D eigenvalue weighted by Crippen LogP contribution is -2.18. The highest BCUT2D eigenvalue weighted by atomic mass is 19.1. The third kappa shape index (κ3) is 3.34. The van der Waals surface area contributed by atoms with Gasteiger partial charge >= 0.3 is 0 Å². The molecule has 5 heteroatoms. The van der Waals surface area contributed by atoms with Gasteiger partial charge in [-0.2, -0.15) is 0 Å². The molecule has 0 N–H and O–H groups in total. The lowest BCUT2D eigenvalue weighted by molar-refractivity contribution is 0.0189. The van der Waals surface area contributed by atoms with E-state index in [0.717, 1.165) is 31.0 Å². The molecule has 1 saturated heterocycles. The standard InChI is InChI=1S/C13H14F2O3/c14-9-3-4-12(15)11(6-9)13(16)8-17-7-10-2-1-5-18-10/h3-4,6,10H,1-2,5,7-8H2. The van der Waals surface area contributed by atoms with E-state index in [4.69, 9.17) is 9.47 Å². The van der Waals surface area contributed by atoms with Crippen molar-refractivity contribution in [2.75, 3.05) is 19.8 Å². The molecule has 0 spiro atoms. The first-order chi connectivity index (χ1) is 8.66. The number of ketones is 1. The Morgan fingerprint density at radius 2 is 2.28 bits per heavy atom. The van der Waals surface area contributed by atoms with Crippen LogP contribution in [0.5, 0.6) is 0 Å². The van der Waals surface area contributed by atoms with Crippen molar-refractivity contribution >= 4 is 5.78 Å². The maximum absolute atomic E-state index is 13.3. The normalized spacial score (nSPS) is 19.1. The average Bonchev–Trinajstić information content (AvgIpc) is 2.85. The van der Waals surface area contributed by atoms with Crippen LogP contribution in [0.3, 0.4) is 0 Å². The maximum Gasteiger partial charge on any atom is 0.191 e. The summed E-state index contributed by atoms with van der Waals surface area (Å²) in [5, 5.41) is 0. The van der Waals surface area contributed by atoms with Crippen LogP contribution in [0.15, 0.2) is 18.2 Å². The molecule has 1 aromatic rings. The number of hydrogen-bond acceptors (Lipinski definition) is 3. The van der Waals surface area contributed by atoms with Gasteiger partial charge in [-0.25, -0.2) is 8.78 Å². The number of carbonyl (C=O) groups is 1. The fourth-order valence-electron chi connectivity index (χ4n) is 1.85. The summed E-state index contributed by atoms with van der Waals surface area (Å²) >= 11 is 0. The van der Waals surface area contributed by atoms with Crippen LogP contribution in [-0.2, 0) is 9.47 Å². The van der Waals surface area contributed by atoms with E-state index in [1.165, 1.54) is 0 Å². The molecule has 0 aromatic heterocycles. The third-order valence-electron chi connectivity index (χ3n) is 2.79. The van der Waals surface area contributed by atoms with E-state index in [0.29, 0.717) is 13.2 Å². The average molecular weight is 256 g/mol. The van der Waals surface area contributed by atoms with E-state index in [2.05, 4.69) is 0 Å². The van der Waals surface area contributed by atoms with Gasteiger partial charge in [0.1, 0.15) is 18.2 Å². The number of rotatable bonds is 5. The summed E-state index contributed by atoms with van der Waals surface area (Å²) in [5.74, 6) is -1.94. The van der Waals surface area contributed by atoms with Gasteiger partial charge in [-0.05, 0) is 31.0 Å². The third-order valence-corrected chi connectivity index (χ3v) is 2.79. The molecule has 18 heavy (non-hydrogen) atoms. The molecule has 1 unspecified atom stereocenters. The van der Waals surface area contributed by atoms with Crippen molar-refractivity contribution in [2.24, 2.45) is 0 Å². The van der Waals surface area contributed by atoms with Crippen LogP contribution in [0.4, 0.5) is 8.78 Å². The van der Waals surface area contributed by atoms with Gasteiger partial charge in [0.05, 0.1) is 18.3 Å². The molecule has 1 atom stereocenters. The maximum atomic E-state index is 13.3. The van der Waals surface area contributed by atoms with E-state index in [-0.39, 0.29) is 18.3 Å². The molecule has 0 radical (unpaired) electrons. The first-order valence-corrected chi connectivity index (χ1v) is 5.84. The van der Waals surface area contributed by atoms with Crippen molar-refractivity contribution in [1.29, 1.82) is 0 Å². The minimum atomic E-state index is -0.734. The number of benzene rings is 1. The first-order valence-electron chi connectivity index (χ1n) is 5.84. The summed E-state index contributed by atoms with van der Waals surface area (Å²) in [7, 11) is 0. The summed E-state index contributed by atoms with van der Waals surface area (Å²) in [4.78, 5) is 11.6. The smallest absolute Gasteiger partial charge is 0.191 e. The molecular weight excluding hydrogens is 242 g/mol. The van der Waals surface area contributed by atoms with Crippen molar-refractivity contribution < 1.29 is 23.0 Å². The largest absolute Gasteiger partial charge is 0.376 e. The van der Waals surface area contributed by atoms with Crippen LogP contribution in [0.1, 0.15) is 23.2 Å². The van der Waals surface area contributed by atoms with Gasteiger partial charge in [0.2, 0.25) is 0 Å². The molecule has 98 valence electrons. The Morgan fingerprint density at radius 3 is 3.00 bits per heavy atom. The van der Waals surface area contributed by atoms with Gasteiger partial charge in [0.25, 0.3) is 0 Å². The van der Waals surface area contributed by atoms with Gasteiger partial charge < -0.3 is 9.47 Å². The topological polar surface area (TPSA) is 35.5 Å². The van der Waals surface area contributed by atoms with E-state index >= 15 is 0 Å². The zero-order valence-electron chi connectivity index (χ0n) is 9.83. The van der Waals surface area contributed by atoms with Crippen LogP contribution in [0.2, 0.25) is 0 Å². The van der Waals surface area contributed by atoms with Crippen LogP contribution >= 0.6 is 0 Å². The number of halogens is 2. The zero-order valence-corrected chi connectivity index (χ0v) is 9.83. The van der Waals surface area contributed by atoms with E-state index < -0.39 is 17.4 Å². The molecule has 1 heterocycles.